The molecule has 0 radical (unpaired) electrons. The second-order valence-corrected chi connectivity index (χ2v) is 9.29. The SMILES string of the molecule is ClC1=C(Cl)[C@]2(Cl)C3C(C[C@@H](Cl)[C@@H]3Cl)[C@@]1(Cl)C2(Cl)Cl. The highest BCUT2D eigenvalue weighted by Gasteiger charge is 2.84. The average molecular weight is 410 g/mol. The Bertz CT molecular complexity index is 459. The highest BCUT2D eigenvalue weighted by molar-refractivity contribution is 6.66. The van der Waals surface area contributed by atoms with E-state index in [4.69, 9.17) is 92.8 Å². The quantitative estimate of drug-likeness (QED) is 0.451. The lowest BCUT2D eigenvalue weighted by Gasteiger charge is -2.35. The van der Waals surface area contributed by atoms with Crippen molar-refractivity contribution in [3.05, 3.63) is 10.1 Å². The molecule has 3 aliphatic carbocycles. The van der Waals surface area contributed by atoms with E-state index in [-0.39, 0.29) is 27.3 Å². The Labute approximate surface area is 145 Å². The maximum atomic E-state index is 6.62. The summed E-state index contributed by atoms with van der Waals surface area (Å²) in [7, 11) is 0. The Morgan fingerprint density at radius 2 is 1.39 bits per heavy atom. The highest BCUT2D eigenvalue weighted by Crippen LogP contribution is 2.79. The van der Waals surface area contributed by atoms with Crippen molar-refractivity contribution in [1.29, 1.82) is 0 Å². The normalized spacial score (nSPS) is 57.3. The monoisotopic (exact) mass is 406 g/mol. The van der Waals surface area contributed by atoms with Crippen molar-refractivity contribution in [3.63, 3.8) is 0 Å². The van der Waals surface area contributed by atoms with Crippen molar-refractivity contribution in [2.75, 3.05) is 0 Å². The maximum absolute atomic E-state index is 6.62. The van der Waals surface area contributed by atoms with E-state index < -0.39 is 19.5 Å². The molecule has 0 aromatic heterocycles. The van der Waals surface area contributed by atoms with Crippen LogP contribution in [0.2, 0.25) is 0 Å². The second-order valence-electron chi connectivity index (χ2n) is 4.95. The highest BCUT2D eigenvalue weighted by atomic mass is 35.5. The molecule has 0 nitrogen and oxygen atoms in total. The second kappa shape index (κ2) is 4.07. The lowest BCUT2D eigenvalue weighted by Crippen LogP contribution is -2.47. The fraction of sp³-hybridized carbons (Fsp3) is 0.800. The zero-order valence-corrected chi connectivity index (χ0v) is 14.6. The van der Waals surface area contributed by atoms with Gasteiger partial charge in [0, 0.05) is 5.92 Å². The zero-order chi connectivity index (χ0) is 13.7. The van der Waals surface area contributed by atoms with E-state index in [0.29, 0.717) is 6.42 Å². The van der Waals surface area contributed by atoms with Gasteiger partial charge in [0.05, 0.1) is 20.8 Å². The summed E-state index contributed by atoms with van der Waals surface area (Å²) in [5.74, 6) is -0.488. The molecule has 0 aliphatic heterocycles. The minimum Gasteiger partial charge on any atom is -0.121 e. The molecule has 0 heterocycles. The van der Waals surface area contributed by atoms with Gasteiger partial charge in [-0.1, -0.05) is 46.4 Å². The fourth-order valence-electron chi connectivity index (χ4n) is 3.48. The molecule has 0 amide bonds. The van der Waals surface area contributed by atoms with Gasteiger partial charge in [0.1, 0.15) is 9.75 Å². The molecule has 3 aliphatic rings. The number of fused-ring (bicyclic) bond motifs is 5. The van der Waals surface area contributed by atoms with Crippen molar-refractivity contribution in [3.8, 4) is 0 Å². The van der Waals surface area contributed by atoms with Crippen LogP contribution in [0.25, 0.3) is 0 Å². The van der Waals surface area contributed by atoms with Gasteiger partial charge in [-0.3, -0.25) is 0 Å². The maximum Gasteiger partial charge on any atom is 0.166 e. The fourth-order valence-corrected chi connectivity index (χ4v) is 7.46. The number of hydrogen-bond donors (Lipinski definition) is 0. The molecule has 18 heavy (non-hydrogen) atoms. The molecule has 102 valence electrons. The van der Waals surface area contributed by atoms with Gasteiger partial charge in [0.15, 0.2) is 4.33 Å². The molecule has 8 heteroatoms. The van der Waals surface area contributed by atoms with Crippen LogP contribution in [0.5, 0.6) is 0 Å². The number of allylic oxidation sites excluding steroid dienone is 2. The topological polar surface area (TPSA) is 0 Å². The van der Waals surface area contributed by atoms with Gasteiger partial charge < -0.3 is 0 Å². The summed E-state index contributed by atoms with van der Waals surface area (Å²) in [6, 6.07) is 0. The number of rotatable bonds is 0. The van der Waals surface area contributed by atoms with E-state index in [9.17, 15) is 0 Å². The van der Waals surface area contributed by atoms with Crippen molar-refractivity contribution in [2.45, 2.75) is 31.3 Å². The van der Waals surface area contributed by atoms with E-state index in [2.05, 4.69) is 0 Å². The summed E-state index contributed by atoms with van der Waals surface area (Å²) >= 11 is 51.0. The Kier molecular flexibility index (Phi) is 3.39. The van der Waals surface area contributed by atoms with Crippen molar-refractivity contribution >= 4 is 92.8 Å². The molecule has 0 saturated heterocycles. The summed E-state index contributed by atoms with van der Waals surface area (Å²) in [5, 5.41) is -0.259. The summed E-state index contributed by atoms with van der Waals surface area (Å²) in [6.07, 6.45) is 0.555. The summed E-state index contributed by atoms with van der Waals surface area (Å²) < 4.78 is -1.50. The number of alkyl halides is 6. The first-order chi connectivity index (χ1) is 8.11. The van der Waals surface area contributed by atoms with Gasteiger partial charge in [0.25, 0.3) is 0 Å². The van der Waals surface area contributed by atoms with Crippen molar-refractivity contribution < 1.29 is 0 Å². The van der Waals surface area contributed by atoms with Crippen LogP contribution in [0.4, 0.5) is 0 Å². The first-order valence-electron chi connectivity index (χ1n) is 5.21. The standard InChI is InChI=1S/C10H6Cl8/c11-3-1-2-4(5(3)12)9(16)7(14)6(13)8(2,15)10(9,17)18/h2-5H,1H2/t2?,3-,4?,5+,8+,9-/m1/s1. The van der Waals surface area contributed by atoms with Gasteiger partial charge >= 0.3 is 0 Å². The van der Waals surface area contributed by atoms with E-state index in [0.717, 1.165) is 0 Å². The summed E-state index contributed by atoms with van der Waals surface area (Å²) in [5.41, 5.74) is 0. The molecular weight excluding hydrogens is 404 g/mol. The van der Waals surface area contributed by atoms with E-state index >= 15 is 0 Å². The Morgan fingerprint density at radius 3 is 1.94 bits per heavy atom. The molecule has 2 saturated carbocycles. The van der Waals surface area contributed by atoms with E-state index in [1.807, 2.05) is 0 Å². The molecule has 0 aromatic carbocycles. The molecule has 2 unspecified atom stereocenters. The van der Waals surface area contributed by atoms with E-state index in [1.165, 1.54) is 0 Å². The van der Waals surface area contributed by atoms with Crippen LogP contribution < -0.4 is 0 Å². The van der Waals surface area contributed by atoms with Crippen LogP contribution in [0.15, 0.2) is 10.1 Å². The van der Waals surface area contributed by atoms with Crippen LogP contribution in [-0.4, -0.2) is 24.8 Å². The molecule has 0 N–H and O–H groups in total. The Balaban J connectivity index is 2.26. The first kappa shape index (κ1) is 15.0. The number of halogens is 8. The molecule has 0 spiro atoms. The predicted octanol–water partition coefficient (Wildman–Crippen LogP) is 5.68. The van der Waals surface area contributed by atoms with Crippen LogP contribution in [0.1, 0.15) is 6.42 Å². The predicted molar refractivity (Wildman–Crippen MR) is 81.2 cm³/mol. The van der Waals surface area contributed by atoms with Crippen LogP contribution in [0.3, 0.4) is 0 Å². The smallest absolute Gasteiger partial charge is 0.121 e. The largest absolute Gasteiger partial charge is 0.166 e. The summed E-state index contributed by atoms with van der Waals surface area (Å²) in [4.78, 5) is -2.50. The van der Waals surface area contributed by atoms with Gasteiger partial charge in [-0.05, 0) is 12.3 Å². The lowest BCUT2D eigenvalue weighted by molar-refractivity contribution is 0.385. The molecular formula is C10H6Cl8. The first-order valence-corrected chi connectivity index (χ1v) is 8.35. The van der Waals surface area contributed by atoms with Gasteiger partial charge in [-0.15, -0.1) is 46.4 Å². The van der Waals surface area contributed by atoms with Crippen LogP contribution in [-0.2, 0) is 0 Å². The van der Waals surface area contributed by atoms with Crippen LogP contribution >= 0.6 is 92.8 Å². The van der Waals surface area contributed by atoms with E-state index in [1.54, 1.807) is 0 Å². The van der Waals surface area contributed by atoms with Crippen LogP contribution in [0, 0.1) is 11.8 Å². The zero-order valence-electron chi connectivity index (χ0n) is 8.54. The molecule has 0 aromatic rings. The molecule has 3 rings (SSSR count). The number of hydrogen-bond acceptors (Lipinski definition) is 0. The summed E-state index contributed by atoms with van der Waals surface area (Å²) in [6.45, 7) is 0. The Hall–Kier alpha value is 2.06. The van der Waals surface area contributed by atoms with Crippen molar-refractivity contribution in [1.82, 2.24) is 0 Å². The third kappa shape index (κ3) is 1.28. The molecule has 2 bridgehead atoms. The van der Waals surface area contributed by atoms with Crippen molar-refractivity contribution in [2.24, 2.45) is 11.8 Å². The lowest BCUT2D eigenvalue weighted by atomic mass is 9.84. The minimum atomic E-state index is -1.50. The minimum absolute atomic E-state index is 0.184. The molecule has 6 atom stereocenters. The van der Waals surface area contributed by atoms with Gasteiger partial charge in [-0.2, -0.15) is 0 Å². The average Bonchev–Trinajstić information content (AvgIpc) is 2.69. The van der Waals surface area contributed by atoms with Gasteiger partial charge in [-0.25, -0.2) is 0 Å². The van der Waals surface area contributed by atoms with Gasteiger partial charge in [0.2, 0.25) is 0 Å². The third-order valence-electron chi connectivity index (χ3n) is 4.32. The third-order valence-corrected chi connectivity index (χ3v) is 9.79. The molecule has 2 fully saturated rings. The Morgan fingerprint density at radius 1 is 0.889 bits per heavy atom.